The highest BCUT2D eigenvalue weighted by atomic mass is 31.2. The first-order valence-corrected chi connectivity index (χ1v) is 10.2. The highest BCUT2D eigenvalue weighted by Gasteiger charge is 2.28. The highest BCUT2D eigenvalue weighted by Crippen LogP contribution is 2.43. The minimum Gasteiger partial charge on any atom is -0.485 e. The van der Waals surface area contributed by atoms with Crippen LogP contribution in [0, 0.1) is 0 Å². The lowest BCUT2D eigenvalue weighted by Crippen LogP contribution is -2.20. The van der Waals surface area contributed by atoms with Crippen LogP contribution in [0.4, 0.5) is 0 Å². The molecule has 3 nitrogen and oxygen atoms in total. The van der Waals surface area contributed by atoms with Gasteiger partial charge in [-0.05, 0) is 24.6 Å². The van der Waals surface area contributed by atoms with Crippen molar-refractivity contribution in [1.29, 1.82) is 0 Å². The molecule has 0 heterocycles. The van der Waals surface area contributed by atoms with Gasteiger partial charge in [-0.3, -0.25) is 0 Å². The lowest BCUT2D eigenvalue weighted by atomic mass is 10.1. The zero-order valence-electron chi connectivity index (χ0n) is 14.2. The normalized spacial score (nSPS) is 12.6. The highest BCUT2D eigenvalue weighted by molar-refractivity contribution is 7.78. The van der Waals surface area contributed by atoms with Crippen LogP contribution in [0.5, 0.6) is 5.75 Å². The molecule has 0 bridgehead atoms. The van der Waals surface area contributed by atoms with E-state index in [4.69, 9.17) is 10.5 Å². The van der Waals surface area contributed by atoms with Crippen LogP contribution in [0.15, 0.2) is 84.9 Å². The molecule has 3 aromatic carbocycles. The van der Waals surface area contributed by atoms with Crippen LogP contribution in [0.3, 0.4) is 0 Å². The van der Waals surface area contributed by atoms with Gasteiger partial charge >= 0.3 is 0 Å². The van der Waals surface area contributed by atoms with Gasteiger partial charge < -0.3 is 15.0 Å². The average Bonchev–Trinajstić information content (AvgIpc) is 2.68. The molecule has 3 rings (SSSR count). The predicted octanol–water partition coefficient (Wildman–Crippen LogP) is 4.06. The zero-order valence-corrected chi connectivity index (χ0v) is 15.1. The van der Waals surface area contributed by atoms with Crippen molar-refractivity contribution in [2.75, 3.05) is 6.35 Å². The third-order valence-corrected chi connectivity index (χ3v) is 6.92. The molecule has 2 N–H and O–H groups in total. The fourth-order valence-electron chi connectivity index (χ4n) is 2.67. The molecular weight excluding hydrogens is 329 g/mol. The van der Waals surface area contributed by atoms with Gasteiger partial charge in [0.25, 0.3) is 0 Å². The maximum Gasteiger partial charge on any atom is 0.178 e. The smallest absolute Gasteiger partial charge is 0.178 e. The molecule has 0 fully saturated rings. The second-order valence-corrected chi connectivity index (χ2v) is 8.81. The molecule has 0 aliphatic rings. The molecule has 0 radical (unpaired) electrons. The number of nitrogens with two attached hydrogens (primary N) is 1. The summed E-state index contributed by atoms with van der Waals surface area (Å²) >= 11 is 0. The number of hydrogen-bond acceptors (Lipinski definition) is 3. The summed E-state index contributed by atoms with van der Waals surface area (Å²) in [6.45, 7) is 1.94. The second-order valence-electron chi connectivity index (χ2n) is 6.04. The van der Waals surface area contributed by atoms with Crippen LogP contribution >= 0.6 is 7.14 Å². The summed E-state index contributed by atoms with van der Waals surface area (Å²) in [6, 6.07) is 26.7. The Bertz CT molecular complexity index is 803. The van der Waals surface area contributed by atoms with Crippen LogP contribution in [-0.4, -0.2) is 6.35 Å². The molecule has 4 heteroatoms. The molecule has 0 aliphatic heterocycles. The molecule has 0 amide bonds. The molecule has 1 unspecified atom stereocenters. The van der Waals surface area contributed by atoms with E-state index in [1.54, 1.807) is 0 Å². The molecule has 3 aromatic rings. The van der Waals surface area contributed by atoms with Crippen molar-refractivity contribution in [2.45, 2.75) is 13.0 Å². The maximum absolute atomic E-state index is 13.8. The van der Waals surface area contributed by atoms with E-state index < -0.39 is 7.14 Å². The van der Waals surface area contributed by atoms with E-state index in [-0.39, 0.29) is 12.4 Å². The molecule has 0 aromatic heterocycles. The predicted molar refractivity (Wildman–Crippen MR) is 104 cm³/mol. The van der Waals surface area contributed by atoms with Gasteiger partial charge in [-0.15, -0.1) is 0 Å². The Morgan fingerprint density at radius 3 is 1.76 bits per heavy atom. The number of rotatable bonds is 6. The number of hydrogen-bond donors (Lipinski definition) is 1. The molecule has 0 saturated carbocycles. The third kappa shape index (κ3) is 4.01. The summed E-state index contributed by atoms with van der Waals surface area (Å²) in [5, 5.41) is 1.60. The first-order chi connectivity index (χ1) is 12.1. The van der Waals surface area contributed by atoms with Crippen LogP contribution in [0.1, 0.15) is 18.5 Å². The van der Waals surface area contributed by atoms with Crippen molar-refractivity contribution in [3.05, 3.63) is 90.5 Å². The lowest BCUT2D eigenvalue weighted by molar-refractivity contribution is 0.379. The van der Waals surface area contributed by atoms with Gasteiger partial charge in [0.05, 0.1) is 0 Å². The largest absolute Gasteiger partial charge is 0.485 e. The molecule has 0 spiro atoms. The Balaban J connectivity index is 1.87. The summed E-state index contributed by atoms with van der Waals surface area (Å²) in [7, 11) is -2.87. The Morgan fingerprint density at radius 1 is 0.840 bits per heavy atom. The van der Waals surface area contributed by atoms with Gasteiger partial charge in [0, 0.05) is 16.7 Å². The van der Waals surface area contributed by atoms with Gasteiger partial charge in [0.15, 0.2) is 7.14 Å². The minimum atomic E-state index is -2.87. The van der Waals surface area contributed by atoms with Gasteiger partial charge in [0.2, 0.25) is 0 Å². The molecule has 25 heavy (non-hydrogen) atoms. The zero-order chi connectivity index (χ0) is 17.7. The fraction of sp³-hybridized carbons (Fsp3) is 0.143. The number of benzene rings is 3. The second kappa shape index (κ2) is 7.69. The first-order valence-electron chi connectivity index (χ1n) is 8.28. The topological polar surface area (TPSA) is 52.3 Å². The minimum absolute atomic E-state index is 0.0196. The SMILES string of the molecule is CC(N)c1ccc(OCP(=O)(c2ccccc2)c2ccccc2)cc1. The molecule has 1 atom stereocenters. The maximum atomic E-state index is 13.8. The monoisotopic (exact) mass is 351 g/mol. The Morgan fingerprint density at radius 2 is 1.32 bits per heavy atom. The summed E-state index contributed by atoms with van der Waals surface area (Å²) in [5.41, 5.74) is 6.92. The Hall–Kier alpha value is -2.35. The van der Waals surface area contributed by atoms with Crippen LogP contribution < -0.4 is 21.1 Å². The average molecular weight is 351 g/mol. The van der Waals surface area contributed by atoms with Crippen molar-refractivity contribution in [1.82, 2.24) is 0 Å². The third-order valence-electron chi connectivity index (χ3n) is 4.17. The van der Waals surface area contributed by atoms with Gasteiger partial charge in [0.1, 0.15) is 12.1 Å². The van der Waals surface area contributed by atoms with Crippen molar-refractivity contribution in [3.8, 4) is 5.75 Å². The van der Waals surface area contributed by atoms with E-state index in [0.717, 1.165) is 16.2 Å². The van der Waals surface area contributed by atoms with E-state index in [1.807, 2.05) is 91.9 Å². The van der Waals surface area contributed by atoms with Crippen LogP contribution in [-0.2, 0) is 4.57 Å². The van der Waals surface area contributed by atoms with E-state index in [9.17, 15) is 4.57 Å². The Labute approximate surface area is 148 Å². The molecule has 0 saturated heterocycles. The van der Waals surface area contributed by atoms with Crippen LogP contribution in [0.2, 0.25) is 0 Å². The quantitative estimate of drug-likeness (QED) is 0.682. The van der Waals surface area contributed by atoms with Crippen molar-refractivity contribution < 1.29 is 9.30 Å². The van der Waals surface area contributed by atoms with Gasteiger partial charge in [-0.25, -0.2) is 0 Å². The van der Waals surface area contributed by atoms with Crippen molar-refractivity contribution in [2.24, 2.45) is 5.73 Å². The first kappa shape index (κ1) is 17.5. The molecule has 128 valence electrons. The van der Waals surface area contributed by atoms with Crippen molar-refractivity contribution in [3.63, 3.8) is 0 Å². The summed E-state index contributed by atoms with van der Waals surface area (Å²) in [6.07, 6.45) is 0.124. The van der Waals surface area contributed by atoms with Crippen LogP contribution in [0.25, 0.3) is 0 Å². The molecular formula is C21H22NO2P. The standard InChI is InChI=1S/C21H22NO2P/c1-17(22)18-12-14-19(15-13-18)24-16-25(23,20-8-4-2-5-9-20)21-10-6-3-7-11-21/h2-15,17H,16,22H2,1H3. The lowest BCUT2D eigenvalue weighted by Gasteiger charge is -2.20. The van der Waals surface area contributed by atoms with E-state index in [2.05, 4.69) is 0 Å². The van der Waals surface area contributed by atoms with Gasteiger partial charge in [-0.1, -0.05) is 72.8 Å². The summed E-state index contributed by atoms with van der Waals surface area (Å²) in [4.78, 5) is 0. The summed E-state index contributed by atoms with van der Waals surface area (Å²) < 4.78 is 19.7. The fourth-order valence-corrected chi connectivity index (χ4v) is 4.90. The van der Waals surface area contributed by atoms with Gasteiger partial charge in [-0.2, -0.15) is 0 Å². The molecule has 0 aliphatic carbocycles. The number of ether oxygens (including phenoxy) is 1. The van der Waals surface area contributed by atoms with Crippen molar-refractivity contribution >= 4 is 17.8 Å². The summed E-state index contributed by atoms with van der Waals surface area (Å²) in [5.74, 6) is 0.691. The van der Waals surface area contributed by atoms with E-state index >= 15 is 0 Å². The van der Waals surface area contributed by atoms with E-state index in [1.165, 1.54) is 0 Å². The van der Waals surface area contributed by atoms with E-state index in [0.29, 0.717) is 5.75 Å². The Kier molecular flexibility index (Phi) is 5.37.